The van der Waals surface area contributed by atoms with Crippen molar-refractivity contribution in [1.29, 1.82) is 0 Å². The summed E-state index contributed by atoms with van der Waals surface area (Å²) in [5.74, 6) is -1.95. The van der Waals surface area contributed by atoms with Crippen LogP contribution in [0.2, 0.25) is 0 Å². The first-order chi connectivity index (χ1) is 14.4. The van der Waals surface area contributed by atoms with E-state index in [9.17, 15) is 14.4 Å². The van der Waals surface area contributed by atoms with E-state index in [-0.39, 0.29) is 12.4 Å². The van der Waals surface area contributed by atoms with Crippen LogP contribution in [0, 0.1) is 0 Å². The van der Waals surface area contributed by atoms with Crippen LogP contribution < -0.4 is 5.73 Å². The Morgan fingerprint density at radius 1 is 1.07 bits per heavy atom. The van der Waals surface area contributed by atoms with Crippen molar-refractivity contribution in [3.05, 3.63) is 76.9 Å². The van der Waals surface area contributed by atoms with Gasteiger partial charge in [-0.3, -0.25) is 14.5 Å². The fraction of sp³-hybridized carbons (Fsp3) is 0.261. The zero-order valence-corrected chi connectivity index (χ0v) is 16.9. The van der Waals surface area contributed by atoms with Gasteiger partial charge in [0.25, 0.3) is 0 Å². The zero-order valence-electron chi connectivity index (χ0n) is 16.9. The van der Waals surface area contributed by atoms with Crippen LogP contribution in [0.1, 0.15) is 40.4 Å². The van der Waals surface area contributed by atoms with E-state index in [0.29, 0.717) is 37.4 Å². The van der Waals surface area contributed by atoms with Crippen molar-refractivity contribution in [3.8, 4) is 0 Å². The number of nitrogens with zero attached hydrogens (tertiary/aromatic N) is 1. The Balaban J connectivity index is 2.26. The van der Waals surface area contributed by atoms with Gasteiger partial charge in [0.15, 0.2) is 0 Å². The molecule has 0 saturated carbocycles. The van der Waals surface area contributed by atoms with Gasteiger partial charge in [-0.25, -0.2) is 4.79 Å². The molecule has 2 aromatic rings. The third kappa shape index (κ3) is 7.89. The maximum absolute atomic E-state index is 11.8. The van der Waals surface area contributed by atoms with Crippen LogP contribution >= 0.6 is 0 Å². The van der Waals surface area contributed by atoms with E-state index in [1.165, 1.54) is 6.08 Å². The van der Waals surface area contributed by atoms with Gasteiger partial charge >= 0.3 is 11.9 Å². The molecule has 0 heterocycles. The highest BCUT2D eigenvalue weighted by atomic mass is 16.5. The molecule has 0 fully saturated rings. The Labute approximate surface area is 175 Å². The van der Waals surface area contributed by atoms with Gasteiger partial charge in [0.05, 0.1) is 13.0 Å². The third-order valence-corrected chi connectivity index (χ3v) is 4.31. The highest BCUT2D eigenvalue weighted by Crippen LogP contribution is 2.16. The molecule has 158 valence electrons. The summed E-state index contributed by atoms with van der Waals surface area (Å²) in [6, 6.07) is 14.9. The average Bonchev–Trinajstić information content (AvgIpc) is 2.71. The van der Waals surface area contributed by atoms with Gasteiger partial charge in [-0.05, 0) is 41.8 Å². The fourth-order valence-electron chi connectivity index (χ4n) is 3.01. The van der Waals surface area contributed by atoms with Gasteiger partial charge in [0, 0.05) is 31.3 Å². The van der Waals surface area contributed by atoms with Crippen LogP contribution in [0.3, 0.4) is 0 Å². The molecule has 3 N–H and O–H groups in total. The molecule has 2 aromatic carbocycles. The summed E-state index contributed by atoms with van der Waals surface area (Å²) in [5, 5.41) is 8.87. The molecule has 30 heavy (non-hydrogen) atoms. The minimum atomic E-state index is -1.08. The average molecular weight is 410 g/mol. The number of aliphatic carboxylic acids is 1. The lowest BCUT2D eigenvalue weighted by atomic mass is 10.0. The number of primary amides is 1. The Hall–Kier alpha value is -3.45. The number of rotatable bonds is 11. The van der Waals surface area contributed by atoms with E-state index in [4.69, 9.17) is 15.6 Å². The van der Waals surface area contributed by atoms with Crippen molar-refractivity contribution in [1.82, 2.24) is 4.90 Å². The lowest BCUT2D eigenvalue weighted by Crippen LogP contribution is -2.26. The van der Waals surface area contributed by atoms with Crippen LogP contribution in [-0.2, 0) is 27.4 Å². The molecule has 0 atom stereocenters. The highest BCUT2D eigenvalue weighted by Gasteiger charge is 2.13. The summed E-state index contributed by atoms with van der Waals surface area (Å²) >= 11 is 0. The van der Waals surface area contributed by atoms with Gasteiger partial charge in [0.2, 0.25) is 5.91 Å². The molecule has 1 amide bonds. The smallest absolute Gasteiger partial charge is 0.328 e. The standard InChI is InChI=1S/C23H26N2O5/c1-2-30-22(28)10-11-25(15-17-6-4-3-5-7-17)16-19-12-18(8-9-21(26)27)13-20(14-19)23(24)29/h3-9,12-14H,2,10-11,15-16H2,1H3,(H2,24,29)(H,26,27)/b9-8+. The van der Waals surface area contributed by atoms with Gasteiger partial charge in [-0.15, -0.1) is 0 Å². The summed E-state index contributed by atoms with van der Waals surface area (Å²) in [6.45, 7) is 3.61. The molecule has 0 aromatic heterocycles. The molecular weight excluding hydrogens is 384 g/mol. The van der Waals surface area contributed by atoms with Crippen molar-refractivity contribution >= 4 is 23.9 Å². The number of amides is 1. The van der Waals surface area contributed by atoms with Crippen molar-refractivity contribution in [2.45, 2.75) is 26.4 Å². The van der Waals surface area contributed by atoms with E-state index in [0.717, 1.165) is 17.2 Å². The fourth-order valence-corrected chi connectivity index (χ4v) is 3.01. The predicted octanol–water partition coefficient (Wildman–Crippen LogP) is 2.84. The molecule has 0 saturated heterocycles. The van der Waals surface area contributed by atoms with E-state index in [1.54, 1.807) is 25.1 Å². The second-order valence-corrected chi connectivity index (χ2v) is 6.75. The number of hydrogen-bond acceptors (Lipinski definition) is 5. The van der Waals surface area contributed by atoms with Crippen LogP contribution in [0.15, 0.2) is 54.6 Å². The van der Waals surface area contributed by atoms with E-state index in [2.05, 4.69) is 4.90 Å². The summed E-state index contributed by atoms with van der Waals surface area (Å²) < 4.78 is 5.03. The van der Waals surface area contributed by atoms with Gasteiger partial charge in [-0.2, -0.15) is 0 Å². The minimum Gasteiger partial charge on any atom is -0.478 e. The number of carboxylic acid groups (broad SMARTS) is 1. The SMILES string of the molecule is CCOC(=O)CCN(Cc1ccccc1)Cc1cc(/C=C/C(=O)O)cc(C(N)=O)c1. The maximum Gasteiger partial charge on any atom is 0.328 e. The Bertz CT molecular complexity index is 909. The first-order valence-electron chi connectivity index (χ1n) is 9.64. The molecule has 2 rings (SSSR count). The first-order valence-corrected chi connectivity index (χ1v) is 9.64. The van der Waals surface area contributed by atoms with E-state index < -0.39 is 11.9 Å². The van der Waals surface area contributed by atoms with Crippen molar-refractivity contribution in [3.63, 3.8) is 0 Å². The number of benzene rings is 2. The molecule has 7 nitrogen and oxygen atoms in total. The molecule has 7 heteroatoms. The number of ether oxygens (including phenoxy) is 1. The predicted molar refractivity (Wildman–Crippen MR) is 113 cm³/mol. The largest absolute Gasteiger partial charge is 0.478 e. The number of nitrogens with two attached hydrogens (primary N) is 1. The molecule has 0 aliphatic rings. The highest BCUT2D eigenvalue weighted by molar-refractivity contribution is 5.94. The zero-order chi connectivity index (χ0) is 21.9. The maximum atomic E-state index is 11.8. The van der Waals surface area contributed by atoms with Gasteiger partial charge in [-0.1, -0.05) is 36.4 Å². The number of esters is 1. The summed E-state index contributed by atoms with van der Waals surface area (Å²) in [7, 11) is 0. The second kappa shape index (κ2) is 11.5. The molecule has 0 radical (unpaired) electrons. The van der Waals surface area contributed by atoms with Gasteiger partial charge in [0.1, 0.15) is 0 Å². The second-order valence-electron chi connectivity index (χ2n) is 6.75. The van der Waals surface area contributed by atoms with Crippen LogP contribution in [0.25, 0.3) is 6.08 Å². The summed E-state index contributed by atoms with van der Waals surface area (Å²) in [5.41, 5.74) is 8.17. The number of hydrogen-bond donors (Lipinski definition) is 2. The van der Waals surface area contributed by atoms with Crippen LogP contribution in [-0.4, -0.2) is 41.0 Å². The first kappa shape index (κ1) is 22.8. The van der Waals surface area contributed by atoms with E-state index >= 15 is 0 Å². The monoisotopic (exact) mass is 410 g/mol. The topological polar surface area (TPSA) is 110 Å². The molecule has 0 aliphatic heterocycles. The Kier molecular flexibility index (Phi) is 8.77. The van der Waals surface area contributed by atoms with Crippen molar-refractivity contribution < 1.29 is 24.2 Å². The third-order valence-electron chi connectivity index (χ3n) is 4.31. The molecular formula is C23H26N2O5. The number of carbonyl (C=O) groups excluding carboxylic acids is 2. The molecule has 0 bridgehead atoms. The van der Waals surface area contributed by atoms with Gasteiger partial charge < -0.3 is 15.6 Å². The summed E-state index contributed by atoms with van der Waals surface area (Å²) in [4.78, 5) is 36.4. The van der Waals surface area contributed by atoms with Crippen molar-refractivity contribution in [2.75, 3.05) is 13.2 Å². The van der Waals surface area contributed by atoms with E-state index in [1.807, 2.05) is 30.3 Å². The quantitative estimate of drug-likeness (QED) is 0.435. The minimum absolute atomic E-state index is 0.238. The van der Waals surface area contributed by atoms with Crippen LogP contribution in [0.5, 0.6) is 0 Å². The van der Waals surface area contributed by atoms with Crippen LogP contribution in [0.4, 0.5) is 0 Å². The van der Waals surface area contributed by atoms with Crippen molar-refractivity contribution in [2.24, 2.45) is 5.73 Å². The lowest BCUT2D eigenvalue weighted by Gasteiger charge is -2.23. The molecule has 0 unspecified atom stereocenters. The number of carboxylic acids is 1. The lowest BCUT2D eigenvalue weighted by molar-refractivity contribution is -0.143. The molecule has 0 spiro atoms. The summed E-state index contributed by atoms with van der Waals surface area (Å²) in [6.07, 6.45) is 2.66. The molecule has 0 aliphatic carbocycles. The normalized spacial score (nSPS) is 11.0. The Morgan fingerprint density at radius 2 is 1.77 bits per heavy atom. The Morgan fingerprint density at radius 3 is 2.40 bits per heavy atom. The number of carbonyl (C=O) groups is 3.